The summed E-state index contributed by atoms with van der Waals surface area (Å²) >= 11 is 0. The number of rotatable bonds is 6. The Morgan fingerprint density at radius 1 is 0.411 bits per heavy atom. The van der Waals surface area contributed by atoms with Crippen LogP contribution in [0.25, 0.3) is 106 Å². The van der Waals surface area contributed by atoms with Crippen LogP contribution < -0.4 is 0 Å². The van der Waals surface area contributed by atoms with E-state index in [9.17, 15) is 0 Å². The molecule has 11 rings (SSSR count). The fourth-order valence-corrected chi connectivity index (χ4v) is 7.60. The maximum absolute atomic E-state index is 9.10. The topological polar surface area (TPSA) is 56.7 Å². The van der Waals surface area contributed by atoms with Crippen LogP contribution in [0.2, 0.25) is 0 Å². The van der Waals surface area contributed by atoms with Gasteiger partial charge in [0.05, 0.1) is 19.3 Å². The normalized spacial score (nSPS) is 13.1. The highest BCUT2D eigenvalue weighted by Crippen LogP contribution is 2.40. The van der Waals surface area contributed by atoms with E-state index in [0.29, 0.717) is 45.4 Å². The molecular weight excluding hydrogens is 685 g/mol. The molecule has 0 aliphatic carbocycles. The molecular formula is C51H32N4O. The molecule has 0 saturated carbocycles. The molecule has 0 N–H and O–H groups in total. The first-order chi connectivity index (χ1) is 30.2. The molecule has 0 aliphatic heterocycles. The van der Waals surface area contributed by atoms with Crippen molar-refractivity contribution in [1.29, 1.82) is 0 Å². The SMILES string of the molecule is [2H]c1cc([2H])c2c(c1[2H])c1c([2H])c([2H])cc([2H])c1n2-c1cc(-c2ccccc2)cc(-c2ccc3oc4cccc(-c5nc(-c6ccccc6)nc(-c6ccccc6)n5)c4c3c2)c1. The van der Waals surface area contributed by atoms with Gasteiger partial charge in [0.15, 0.2) is 17.5 Å². The van der Waals surface area contributed by atoms with Crippen molar-refractivity contribution in [2.24, 2.45) is 0 Å². The summed E-state index contributed by atoms with van der Waals surface area (Å²) < 4.78 is 61.3. The molecule has 8 aromatic carbocycles. The van der Waals surface area contributed by atoms with Gasteiger partial charge in [0.2, 0.25) is 0 Å². The molecule has 11 aromatic rings. The quantitative estimate of drug-likeness (QED) is 0.171. The lowest BCUT2D eigenvalue weighted by Crippen LogP contribution is -2.00. The Morgan fingerprint density at radius 2 is 0.982 bits per heavy atom. The first kappa shape index (κ1) is 26.2. The summed E-state index contributed by atoms with van der Waals surface area (Å²) in [4.78, 5) is 15.0. The van der Waals surface area contributed by atoms with Crippen LogP contribution in [0.5, 0.6) is 0 Å². The minimum atomic E-state index is -0.161. The van der Waals surface area contributed by atoms with Gasteiger partial charge in [-0.05, 0) is 70.7 Å². The molecule has 0 unspecified atom stereocenters. The van der Waals surface area contributed by atoms with E-state index in [1.54, 1.807) is 4.57 Å². The monoisotopic (exact) mass is 722 g/mol. The van der Waals surface area contributed by atoms with Gasteiger partial charge in [-0.25, -0.2) is 15.0 Å². The summed E-state index contributed by atoms with van der Waals surface area (Å²) in [5.41, 5.74) is 8.56. The first-order valence-electron chi connectivity index (χ1n) is 21.3. The number of hydrogen-bond acceptors (Lipinski definition) is 4. The summed E-state index contributed by atoms with van der Waals surface area (Å²) in [5, 5.41) is 2.11. The van der Waals surface area contributed by atoms with Crippen LogP contribution in [0.15, 0.2) is 198 Å². The van der Waals surface area contributed by atoms with Gasteiger partial charge < -0.3 is 8.98 Å². The second-order valence-corrected chi connectivity index (χ2v) is 13.6. The Kier molecular flexibility index (Phi) is 6.10. The third kappa shape index (κ3) is 5.37. The average molecular weight is 723 g/mol. The van der Waals surface area contributed by atoms with E-state index in [0.717, 1.165) is 49.7 Å². The number of fused-ring (bicyclic) bond motifs is 6. The Morgan fingerprint density at radius 3 is 1.61 bits per heavy atom. The van der Waals surface area contributed by atoms with Crippen molar-refractivity contribution in [3.63, 3.8) is 0 Å². The van der Waals surface area contributed by atoms with Gasteiger partial charge in [-0.1, -0.05) is 145 Å². The number of para-hydroxylation sites is 2. The highest BCUT2D eigenvalue weighted by atomic mass is 16.3. The van der Waals surface area contributed by atoms with Gasteiger partial charge in [-0.3, -0.25) is 0 Å². The van der Waals surface area contributed by atoms with Gasteiger partial charge in [-0.2, -0.15) is 0 Å². The third-order valence-corrected chi connectivity index (χ3v) is 10.2. The Balaban J connectivity index is 1.16. The molecule has 0 radical (unpaired) electrons. The maximum atomic E-state index is 9.10. The van der Waals surface area contributed by atoms with Crippen molar-refractivity contribution in [2.45, 2.75) is 0 Å². The lowest BCUT2D eigenvalue weighted by Gasteiger charge is -2.14. The van der Waals surface area contributed by atoms with Crippen LogP contribution in [0.4, 0.5) is 0 Å². The predicted octanol–water partition coefficient (Wildman–Crippen LogP) is 13.2. The van der Waals surface area contributed by atoms with Gasteiger partial charge in [-0.15, -0.1) is 0 Å². The first-order valence-corrected chi connectivity index (χ1v) is 18.3. The minimum absolute atomic E-state index is 0.0165. The Bertz CT molecular complexity index is 3460. The van der Waals surface area contributed by atoms with E-state index in [4.69, 9.17) is 27.6 Å². The van der Waals surface area contributed by atoms with Gasteiger partial charge in [0.1, 0.15) is 11.2 Å². The van der Waals surface area contributed by atoms with E-state index >= 15 is 0 Å². The molecule has 5 nitrogen and oxygen atoms in total. The van der Waals surface area contributed by atoms with Gasteiger partial charge in [0, 0.05) is 43.9 Å². The molecule has 3 aromatic heterocycles. The van der Waals surface area contributed by atoms with Crippen molar-refractivity contribution in [1.82, 2.24) is 19.5 Å². The number of nitrogens with zero attached hydrogens (tertiary/aromatic N) is 4. The van der Waals surface area contributed by atoms with Crippen LogP contribution >= 0.6 is 0 Å². The van der Waals surface area contributed by atoms with Crippen molar-refractivity contribution < 1.29 is 12.6 Å². The van der Waals surface area contributed by atoms with E-state index in [2.05, 4.69) is 12.1 Å². The van der Waals surface area contributed by atoms with Crippen molar-refractivity contribution in [3.05, 3.63) is 194 Å². The fourth-order valence-electron chi connectivity index (χ4n) is 7.60. The lowest BCUT2D eigenvalue weighted by atomic mass is 9.96. The molecule has 0 bridgehead atoms. The van der Waals surface area contributed by atoms with E-state index < -0.39 is 0 Å². The molecule has 0 saturated heterocycles. The molecule has 5 heteroatoms. The second kappa shape index (κ2) is 13.0. The van der Waals surface area contributed by atoms with Crippen LogP contribution in [0, 0.1) is 0 Å². The fraction of sp³-hybridized carbons (Fsp3) is 0. The van der Waals surface area contributed by atoms with E-state index in [1.807, 2.05) is 133 Å². The third-order valence-electron chi connectivity index (χ3n) is 10.2. The van der Waals surface area contributed by atoms with Crippen molar-refractivity contribution in [3.8, 4) is 62.1 Å². The summed E-state index contributed by atoms with van der Waals surface area (Å²) in [6.45, 7) is 0. The van der Waals surface area contributed by atoms with Crippen LogP contribution in [0.1, 0.15) is 8.22 Å². The van der Waals surface area contributed by atoms with Gasteiger partial charge >= 0.3 is 0 Å². The largest absolute Gasteiger partial charge is 0.456 e. The zero-order chi connectivity index (χ0) is 42.2. The highest BCUT2D eigenvalue weighted by molar-refractivity contribution is 6.13. The standard InChI is InChI=1S/C51H32N4O/c1-4-15-33(16-5-1)37-29-38(31-39(30-37)55-44-24-12-10-21-40(44)41-22-11-13-25-45(41)55)36-27-28-46-43(32-36)48-42(23-14-26-47(48)56-46)51-53-49(34-17-6-2-7-18-34)52-50(54-51)35-19-8-3-9-20-35/h1-32H/i10D,11D,21D,22D,24D,25D. The molecule has 262 valence electrons. The Hall–Kier alpha value is -7.63. The number of benzene rings is 8. The van der Waals surface area contributed by atoms with Crippen molar-refractivity contribution >= 4 is 43.7 Å². The smallest absolute Gasteiger partial charge is 0.164 e. The van der Waals surface area contributed by atoms with Crippen molar-refractivity contribution in [2.75, 3.05) is 0 Å². The molecule has 56 heavy (non-hydrogen) atoms. The Labute approximate surface area is 331 Å². The molecule has 3 heterocycles. The number of aromatic nitrogens is 4. The zero-order valence-corrected chi connectivity index (χ0v) is 29.7. The van der Waals surface area contributed by atoms with E-state index in [-0.39, 0.29) is 47.0 Å². The van der Waals surface area contributed by atoms with Gasteiger partial charge in [0.25, 0.3) is 0 Å². The molecule has 0 atom stereocenters. The zero-order valence-electron chi connectivity index (χ0n) is 35.7. The molecule has 0 spiro atoms. The maximum Gasteiger partial charge on any atom is 0.164 e. The second-order valence-electron chi connectivity index (χ2n) is 13.6. The van der Waals surface area contributed by atoms with Crippen LogP contribution in [-0.4, -0.2) is 19.5 Å². The molecule has 0 aliphatic rings. The van der Waals surface area contributed by atoms with Crippen LogP contribution in [-0.2, 0) is 0 Å². The summed E-state index contributed by atoms with van der Waals surface area (Å²) in [5.74, 6) is 1.60. The predicted molar refractivity (Wildman–Crippen MR) is 229 cm³/mol. The average Bonchev–Trinajstić information content (AvgIpc) is 3.88. The number of furan rings is 1. The molecule has 0 fully saturated rings. The minimum Gasteiger partial charge on any atom is -0.456 e. The molecule has 0 amide bonds. The summed E-state index contributed by atoms with van der Waals surface area (Å²) in [6.07, 6.45) is 0. The summed E-state index contributed by atoms with van der Waals surface area (Å²) in [7, 11) is 0. The summed E-state index contributed by atoms with van der Waals surface area (Å²) in [6, 6.07) is 49.6. The number of hydrogen-bond donors (Lipinski definition) is 0. The highest BCUT2D eigenvalue weighted by Gasteiger charge is 2.19. The van der Waals surface area contributed by atoms with Crippen LogP contribution in [0.3, 0.4) is 0 Å². The lowest BCUT2D eigenvalue weighted by molar-refractivity contribution is 0.669. The van der Waals surface area contributed by atoms with E-state index in [1.165, 1.54) is 12.1 Å².